The summed E-state index contributed by atoms with van der Waals surface area (Å²) < 4.78 is 10.0. The highest BCUT2D eigenvalue weighted by Crippen LogP contribution is 2.19. The van der Waals surface area contributed by atoms with Crippen molar-refractivity contribution in [1.29, 1.82) is 0 Å². The highest BCUT2D eigenvalue weighted by molar-refractivity contribution is 5.85. The van der Waals surface area contributed by atoms with E-state index in [-0.39, 0.29) is 23.9 Å². The molecular formula is C76H146O6. The van der Waals surface area contributed by atoms with Crippen LogP contribution in [0, 0.1) is 0 Å². The Morgan fingerprint density at radius 2 is 0.305 bits per heavy atom. The van der Waals surface area contributed by atoms with E-state index >= 15 is 0 Å². The van der Waals surface area contributed by atoms with Gasteiger partial charge in [0.1, 0.15) is 0 Å². The summed E-state index contributed by atoms with van der Waals surface area (Å²) in [6, 6.07) is 0. The van der Waals surface area contributed by atoms with E-state index < -0.39 is 0 Å². The lowest BCUT2D eigenvalue weighted by molar-refractivity contribution is -0.161. The van der Waals surface area contributed by atoms with Gasteiger partial charge in [0.15, 0.2) is 0 Å². The van der Waals surface area contributed by atoms with E-state index in [1.807, 2.05) is 0 Å². The molecule has 486 valence electrons. The Morgan fingerprint density at radius 1 is 0.183 bits per heavy atom. The largest absolute Gasteiger partial charge is 0.393 e. The van der Waals surface area contributed by atoms with Gasteiger partial charge in [0.05, 0.1) is 0 Å². The third kappa shape index (κ3) is 76.0. The zero-order valence-corrected chi connectivity index (χ0v) is 56.3. The van der Waals surface area contributed by atoms with Gasteiger partial charge < -0.3 is 9.47 Å². The number of allylic oxidation sites excluding steroid dienone is 2. The molecule has 0 amide bonds. The number of carbonyl (C=O) groups excluding carboxylic acids is 4. The molecular weight excluding hydrogens is 1010 g/mol. The maximum Gasteiger partial charge on any atom is 0.313 e. The third-order valence-electron chi connectivity index (χ3n) is 17.1. The van der Waals surface area contributed by atoms with Crippen LogP contribution in [0.2, 0.25) is 0 Å². The molecule has 0 rings (SSSR count). The van der Waals surface area contributed by atoms with Crippen molar-refractivity contribution in [3.8, 4) is 0 Å². The van der Waals surface area contributed by atoms with Gasteiger partial charge in [0.2, 0.25) is 0 Å². The molecule has 0 aromatic carbocycles. The quantitative estimate of drug-likeness (QED) is 0.0261. The number of hydrogen-bond acceptors (Lipinski definition) is 6. The van der Waals surface area contributed by atoms with Gasteiger partial charge in [-0.05, 0) is 51.4 Å². The number of rotatable bonds is 67. The van der Waals surface area contributed by atoms with Gasteiger partial charge in [-0.2, -0.15) is 0 Å². The van der Waals surface area contributed by atoms with E-state index in [0.717, 1.165) is 57.8 Å². The first-order valence-electron chi connectivity index (χ1n) is 37.5. The molecule has 0 unspecified atom stereocenters. The summed E-state index contributed by atoms with van der Waals surface area (Å²) in [5.74, 6) is -1.31. The lowest BCUT2D eigenvalue weighted by Crippen LogP contribution is -2.11. The molecule has 0 spiro atoms. The summed E-state index contributed by atoms with van der Waals surface area (Å²) in [7, 11) is 0. The van der Waals surface area contributed by atoms with E-state index in [0.29, 0.717) is 25.7 Å². The highest BCUT2D eigenvalue weighted by Gasteiger charge is 2.11. The number of unbranched alkanes of at least 4 members (excludes halogenated alkanes) is 57. The second-order valence-electron chi connectivity index (χ2n) is 25.5. The van der Waals surface area contributed by atoms with Crippen LogP contribution in [0.4, 0.5) is 0 Å². The van der Waals surface area contributed by atoms with Crippen molar-refractivity contribution >= 4 is 23.9 Å². The van der Waals surface area contributed by atoms with Crippen LogP contribution in [0.3, 0.4) is 0 Å². The first-order chi connectivity index (χ1) is 40.4. The number of carbonyl (C=O) groups is 4. The smallest absolute Gasteiger partial charge is 0.313 e. The van der Waals surface area contributed by atoms with Crippen LogP contribution in [0.15, 0.2) is 12.2 Å². The normalized spacial score (nSPS) is 11.4. The van der Waals surface area contributed by atoms with Crippen LogP contribution in [0.25, 0.3) is 0 Å². The average molecular weight is 1160 g/mol. The second-order valence-corrected chi connectivity index (χ2v) is 25.5. The Morgan fingerprint density at radius 3 is 0.451 bits per heavy atom. The van der Waals surface area contributed by atoms with Crippen molar-refractivity contribution < 1.29 is 28.7 Å². The molecule has 6 nitrogen and oxygen atoms in total. The molecule has 0 saturated heterocycles. The Labute approximate surface area is 513 Å². The fraction of sp³-hybridized carbons (Fsp3) is 0.921. The van der Waals surface area contributed by atoms with E-state index in [4.69, 9.17) is 9.47 Å². The molecule has 0 N–H and O–H groups in total. The second kappa shape index (κ2) is 75.1. The molecule has 0 aromatic heterocycles. The third-order valence-corrected chi connectivity index (χ3v) is 17.1. The molecule has 6 heteroatoms. The van der Waals surface area contributed by atoms with Gasteiger partial charge in [0.25, 0.3) is 0 Å². The summed E-state index contributed by atoms with van der Waals surface area (Å²) in [6.07, 6.45) is 87.1. The van der Waals surface area contributed by atoms with E-state index in [1.54, 1.807) is 0 Å². The van der Waals surface area contributed by atoms with Crippen molar-refractivity contribution in [3.05, 3.63) is 12.2 Å². The Balaban J connectivity index is 0. The minimum Gasteiger partial charge on any atom is -0.393 e. The zero-order valence-electron chi connectivity index (χ0n) is 56.3. The van der Waals surface area contributed by atoms with E-state index in [2.05, 4.69) is 39.8 Å². The van der Waals surface area contributed by atoms with Crippen LogP contribution in [0.1, 0.15) is 451 Å². The number of esters is 4. The molecule has 0 aliphatic rings. The SMILES string of the molecule is CCCCCCCC/C=C\CCCCCCCC(=O)OC(=O)CCCCCCCCCCCCCCCCC.CCCCCCCCCCCCCCCCCCCCCC(=O)OC(=O)CCCCCCCCCCCCCCCCC. The lowest BCUT2D eigenvalue weighted by Gasteiger charge is -2.05. The summed E-state index contributed by atoms with van der Waals surface area (Å²) in [5.41, 5.74) is 0. The van der Waals surface area contributed by atoms with Crippen LogP contribution in [-0.2, 0) is 28.7 Å². The van der Waals surface area contributed by atoms with Crippen molar-refractivity contribution in [2.75, 3.05) is 0 Å². The monoisotopic (exact) mass is 1160 g/mol. The summed E-state index contributed by atoms with van der Waals surface area (Å²) in [4.78, 5) is 47.7. The van der Waals surface area contributed by atoms with Crippen LogP contribution in [0.5, 0.6) is 0 Å². The van der Waals surface area contributed by atoms with Crippen LogP contribution in [-0.4, -0.2) is 23.9 Å². The maximum atomic E-state index is 12.0. The van der Waals surface area contributed by atoms with E-state index in [1.165, 1.54) is 340 Å². The summed E-state index contributed by atoms with van der Waals surface area (Å²) >= 11 is 0. The first kappa shape index (κ1) is 82.1. The Kier molecular flexibility index (Phi) is 75.2. The first-order valence-corrected chi connectivity index (χ1v) is 37.5. The van der Waals surface area contributed by atoms with Gasteiger partial charge >= 0.3 is 23.9 Å². The Hall–Kier alpha value is -1.98. The van der Waals surface area contributed by atoms with Crippen molar-refractivity contribution in [3.63, 3.8) is 0 Å². The fourth-order valence-corrected chi connectivity index (χ4v) is 11.4. The molecule has 0 atom stereocenters. The van der Waals surface area contributed by atoms with Crippen molar-refractivity contribution in [1.82, 2.24) is 0 Å². The predicted octanol–water partition coefficient (Wildman–Crippen LogP) is 26.5. The van der Waals surface area contributed by atoms with Crippen LogP contribution >= 0.6 is 0 Å². The average Bonchev–Trinajstić information content (AvgIpc) is 3.46. The molecule has 0 aliphatic carbocycles. The minimum atomic E-state index is -0.335. The predicted molar refractivity (Wildman–Crippen MR) is 359 cm³/mol. The molecule has 82 heavy (non-hydrogen) atoms. The minimum absolute atomic E-state index is 0.321. The molecule has 0 saturated carbocycles. The molecule has 0 heterocycles. The molecule has 0 radical (unpaired) electrons. The molecule has 0 aromatic rings. The van der Waals surface area contributed by atoms with Gasteiger partial charge in [-0.3, -0.25) is 19.2 Å². The van der Waals surface area contributed by atoms with Gasteiger partial charge in [-0.15, -0.1) is 0 Å². The van der Waals surface area contributed by atoms with E-state index in [9.17, 15) is 19.2 Å². The lowest BCUT2D eigenvalue weighted by atomic mass is 10.0. The highest BCUT2D eigenvalue weighted by atomic mass is 16.6. The van der Waals surface area contributed by atoms with Gasteiger partial charge in [0, 0.05) is 25.7 Å². The van der Waals surface area contributed by atoms with Crippen molar-refractivity contribution in [2.24, 2.45) is 0 Å². The van der Waals surface area contributed by atoms with Gasteiger partial charge in [-0.1, -0.05) is 387 Å². The fourth-order valence-electron chi connectivity index (χ4n) is 11.4. The maximum absolute atomic E-state index is 12.0. The van der Waals surface area contributed by atoms with Gasteiger partial charge in [-0.25, -0.2) is 0 Å². The number of hydrogen-bond donors (Lipinski definition) is 0. The molecule has 0 aliphatic heterocycles. The molecule has 0 bridgehead atoms. The summed E-state index contributed by atoms with van der Waals surface area (Å²) in [6.45, 7) is 9.11. The summed E-state index contributed by atoms with van der Waals surface area (Å²) in [5, 5.41) is 0. The Bertz CT molecular complexity index is 1290. The van der Waals surface area contributed by atoms with Crippen molar-refractivity contribution in [2.45, 2.75) is 451 Å². The standard InChI is InChI=1S/C40H78O3.C36H68O3/c1-3-5-7-9-11-13-15-17-19-20-21-22-24-26-28-30-32-34-36-38-40(42)43-39(41)37-35-33-31-29-27-25-23-18-16-14-12-10-8-6-4-2;1-3-5-7-9-11-13-15-17-19-21-23-25-27-29-31-33-35(37)39-36(38)34-32-30-28-26-24-22-20-18-16-14-12-10-8-6-4-2/h3-38H2,1-2H3;17,19H,3-16,18,20-34H2,1-2H3/b;19-17-. The van der Waals surface area contributed by atoms with Crippen LogP contribution < -0.4 is 0 Å². The zero-order chi connectivity index (χ0) is 59.8. The molecule has 0 fully saturated rings. The number of ether oxygens (including phenoxy) is 2. The topological polar surface area (TPSA) is 86.7 Å².